The van der Waals surface area contributed by atoms with Gasteiger partial charge < -0.3 is 0 Å². The molecule has 0 N–H and O–H groups in total. The lowest BCUT2D eigenvalue weighted by molar-refractivity contribution is 0.188. The van der Waals surface area contributed by atoms with Crippen molar-refractivity contribution in [1.29, 1.82) is 0 Å². The Labute approximate surface area is 222 Å². The number of rotatable bonds is 14. The van der Waals surface area contributed by atoms with Crippen molar-refractivity contribution in [3.05, 3.63) is 0 Å². The third-order valence-corrected chi connectivity index (χ3v) is 6.55. The molecule has 0 radical (unpaired) electrons. The van der Waals surface area contributed by atoms with Gasteiger partial charge in [0.25, 0.3) is 0 Å². The van der Waals surface area contributed by atoms with E-state index < -0.39 is 0 Å². The first kappa shape index (κ1) is 41.1. The molecule has 0 saturated heterocycles. The van der Waals surface area contributed by atoms with E-state index in [1.165, 1.54) is 103 Å². The number of unbranched alkanes of at least 4 members (excludes halogenated alkanes) is 5. The summed E-state index contributed by atoms with van der Waals surface area (Å²) in [6, 6.07) is 0. The minimum Gasteiger partial charge on any atom is -0.0683 e. The van der Waals surface area contributed by atoms with Crippen LogP contribution in [0.5, 0.6) is 0 Å². The van der Waals surface area contributed by atoms with Crippen LogP contribution >= 0.6 is 0 Å². The van der Waals surface area contributed by atoms with Gasteiger partial charge >= 0.3 is 0 Å². The van der Waals surface area contributed by atoms with E-state index in [1.807, 2.05) is 13.8 Å². The molecule has 0 amide bonds. The molecular weight excluding hydrogens is 408 g/mol. The normalized spacial score (nSPS) is 14.2. The van der Waals surface area contributed by atoms with Crippen LogP contribution in [0.3, 0.4) is 0 Å². The summed E-state index contributed by atoms with van der Waals surface area (Å²) >= 11 is 0. The first-order chi connectivity index (χ1) is 16.2. The molecule has 1 aliphatic rings. The lowest BCUT2D eigenvalue weighted by Gasteiger charge is -2.33. The highest BCUT2D eigenvalue weighted by Crippen LogP contribution is 2.36. The van der Waals surface area contributed by atoms with E-state index in [0.29, 0.717) is 0 Å². The second kappa shape index (κ2) is 35.2. The Balaban J connectivity index is -0.000000200. The highest BCUT2D eigenvalue weighted by atomic mass is 14.3. The molecule has 2 atom stereocenters. The smallest absolute Gasteiger partial charge is 0.0388 e. The summed E-state index contributed by atoms with van der Waals surface area (Å²) in [5.41, 5.74) is 0. The average Bonchev–Trinajstić information content (AvgIpc) is 2.73. The third kappa shape index (κ3) is 39.2. The Hall–Kier alpha value is 0. The van der Waals surface area contributed by atoms with Crippen molar-refractivity contribution >= 4 is 0 Å². The first-order valence-electron chi connectivity index (χ1n) is 16.2. The molecule has 1 fully saturated rings. The van der Waals surface area contributed by atoms with Crippen LogP contribution in [0.2, 0.25) is 0 Å². The quantitative estimate of drug-likeness (QED) is 0.215. The van der Waals surface area contributed by atoms with Crippen LogP contribution in [-0.2, 0) is 0 Å². The second-order valence-electron chi connectivity index (χ2n) is 11.6. The van der Waals surface area contributed by atoms with Gasteiger partial charge in [0, 0.05) is 0 Å². The van der Waals surface area contributed by atoms with Gasteiger partial charge in [0.05, 0.1) is 0 Å². The summed E-state index contributed by atoms with van der Waals surface area (Å²) in [6.07, 6.45) is 22.7. The molecule has 1 saturated carbocycles. The fourth-order valence-electron chi connectivity index (χ4n) is 4.13. The minimum atomic E-state index is 0.890. The van der Waals surface area contributed by atoms with Gasteiger partial charge in [-0.1, -0.05) is 186 Å². The van der Waals surface area contributed by atoms with Crippen LogP contribution in [0, 0.1) is 29.6 Å². The molecule has 0 bridgehead atoms. The minimum absolute atomic E-state index is 0.890. The summed E-state index contributed by atoms with van der Waals surface area (Å²) in [7, 11) is 0. The summed E-state index contributed by atoms with van der Waals surface area (Å²) in [6.45, 7) is 29.1. The van der Waals surface area contributed by atoms with Crippen LogP contribution in [0.1, 0.15) is 193 Å². The van der Waals surface area contributed by atoms with Gasteiger partial charge in [-0.2, -0.15) is 0 Å². The molecule has 212 valence electrons. The van der Waals surface area contributed by atoms with Crippen LogP contribution in [-0.4, -0.2) is 0 Å². The van der Waals surface area contributed by atoms with Crippen LogP contribution in [0.25, 0.3) is 0 Å². The average molecular weight is 485 g/mol. The van der Waals surface area contributed by atoms with Crippen molar-refractivity contribution in [1.82, 2.24) is 0 Å². The second-order valence-corrected chi connectivity index (χ2v) is 11.6. The Morgan fingerprint density at radius 1 is 0.559 bits per heavy atom. The monoisotopic (exact) mass is 485 g/mol. The van der Waals surface area contributed by atoms with E-state index in [9.17, 15) is 0 Å². The van der Waals surface area contributed by atoms with Crippen LogP contribution in [0.4, 0.5) is 0 Å². The van der Waals surface area contributed by atoms with Gasteiger partial charge in [-0.15, -0.1) is 0 Å². The third-order valence-electron chi connectivity index (χ3n) is 6.55. The van der Waals surface area contributed by atoms with Crippen molar-refractivity contribution < 1.29 is 0 Å². The number of hydrogen-bond donors (Lipinski definition) is 0. The largest absolute Gasteiger partial charge is 0.0683 e. The van der Waals surface area contributed by atoms with E-state index in [0.717, 1.165) is 29.6 Å². The predicted octanol–water partition coefficient (Wildman–Crippen LogP) is 13.5. The summed E-state index contributed by atoms with van der Waals surface area (Å²) in [5.74, 6) is 4.83. The molecule has 0 nitrogen and oxygen atoms in total. The van der Waals surface area contributed by atoms with E-state index in [4.69, 9.17) is 0 Å². The molecule has 34 heavy (non-hydrogen) atoms. The molecule has 0 aromatic rings. The Kier molecular flexibility index (Phi) is 42.5. The summed E-state index contributed by atoms with van der Waals surface area (Å²) < 4.78 is 0. The van der Waals surface area contributed by atoms with Gasteiger partial charge in [0.1, 0.15) is 0 Å². The van der Waals surface area contributed by atoms with Crippen molar-refractivity contribution in [2.75, 3.05) is 0 Å². The maximum atomic E-state index is 2.47. The van der Waals surface area contributed by atoms with Crippen molar-refractivity contribution in [3.8, 4) is 0 Å². The highest BCUT2D eigenvalue weighted by molar-refractivity contribution is 4.76. The van der Waals surface area contributed by atoms with Gasteiger partial charge in [-0.25, -0.2) is 0 Å². The standard InChI is InChI=1S/C15H30.C8H18.C6H14.C3H8.C2H6/c1-12(2)7-5-8-13(3)11-14(4)15-9-6-10-15;1-4-5-6-7-8(2)3;1-3-5-6-4-2;1-3-2;1-2/h12-15H,5-11H2,1-4H3;8H,4-7H2,1-3H3;3-6H2,1-2H3;3H2,1-2H3;1-2H3. The molecule has 0 heterocycles. The van der Waals surface area contributed by atoms with Gasteiger partial charge in [0.2, 0.25) is 0 Å². The zero-order valence-corrected chi connectivity index (χ0v) is 27.2. The fourth-order valence-corrected chi connectivity index (χ4v) is 4.13. The Morgan fingerprint density at radius 3 is 1.26 bits per heavy atom. The van der Waals surface area contributed by atoms with E-state index in [2.05, 4.69) is 76.2 Å². The molecule has 0 aromatic carbocycles. The molecule has 0 spiro atoms. The molecular formula is C34H76. The van der Waals surface area contributed by atoms with Gasteiger partial charge in [-0.05, 0) is 36.0 Å². The fraction of sp³-hybridized carbons (Fsp3) is 1.00. The van der Waals surface area contributed by atoms with Crippen molar-refractivity contribution in [2.24, 2.45) is 29.6 Å². The zero-order chi connectivity index (χ0) is 27.2. The maximum absolute atomic E-state index is 2.47. The van der Waals surface area contributed by atoms with E-state index in [-0.39, 0.29) is 0 Å². The van der Waals surface area contributed by atoms with Crippen LogP contribution < -0.4 is 0 Å². The lowest BCUT2D eigenvalue weighted by atomic mass is 9.73. The molecule has 1 rings (SSSR count). The highest BCUT2D eigenvalue weighted by Gasteiger charge is 2.24. The molecule has 0 aromatic heterocycles. The van der Waals surface area contributed by atoms with Crippen molar-refractivity contribution in [2.45, 2.75) is 193 Å². The first-order valence-corrected chi connectivity index (χ1v) is 16.2. The topological polar surface area (TPSA) is 0 Å². The molecule has 0 aliphatic heterocycles. The lowest BCUT2D eigenvalue weighted by Crippen LogP contribution is -2.21. The Morgan fingerprint density at radius 2 is 0.941 bits per heavy atom. The SMILES string of the molecule is CC.CC(C)CCCC(C)CC(C)C1CCC1.CCC.CCCCCC.CCCCCC(C)C. The molecule has 0 heteroatoms. The van der Waals surface area contributed by atoms with Gasteiger partial charge in [-0.3, -0.25) is 0 Å². The van der Waals surface area contributed by atoms with Crippen molar-refractivity contribution in [3.63, 3.8) is 0 Å². The maximum Gasteiger partial charge on any atom is -0.0388 e. The summed E-state index contributed by atoms with van der Waals surface area (Å²) in [4.78, 5) is 0. The zero-order valence-electron chi connectivity index (χ0n) is 27.2. The number of hydrogen-bond acceptors (Lipinski definition) is 0. The van der Waals surface area contributed by atoms with E-state index in [1.54, 1.807) is 0 Å². The predicted molar refractivity (Wildman–Crippen MR) is 165 cm³/mol. The van der Waals surface area contributed by atoms with Gasteiger partial charge in [0.15, 0.2) is 0 Å². The van der Waals surface area contributed by atoms with Crippen LogP contribution in [0.15, 0.2) is 0 Å². The summed E-state index contributed by atoms with van der Waals surface area (Å²) in [5, 5.41) is 0. The Bertz CT molecular complexity index is 295. The molecule has 2 unspecified atom stereocenters. The molecule has 1 aliphatic carbocycles. The van der Waals surface area contributed by atoms with E-state index >= 15 is 0 Å².